The topological polar surface area (TPSA) is 144 Å². The van der Waals surface area contributed by atoms with Gasteiger partial charge in [0.25, 0.3) is 11.4 Å². The number of anilines is 2. The smallest absolute Gasteiger partial charge is 0.271 e. The fourth-order valence-corrected chi connectivity index (χ4v) is 6.36. The average molecular weight is 557 g/mol. The standard InChI is InChI=1S/C29H32N8O4/c38-36(39)22-4-6-24-26(16-22)30-18-32-28(24)34-12-8-20(9-13-34)2-1-3-21-10-14-35(15-11-21)29-25-7-5-23(37(40)41)17-27(25)31-19-33-29/h4-7,16-21H,1-3,8-15H2. The van der Waals surface area contributed by atoms with E-state index in [1.165, 1.54) is 56.2 Å². The highest BCUT2D eigenvalue weighted by molar-refractivity contribution is 5.91. The fourth-order valence-electron chi connectivity index (χ4n) is 6.36. The van der Waals surface area contributed by atoms with Gasteiger partial charge in [0.15, 0.2) is 0 Å². The molecule has 6 rings (SSSR count). The quantitative estimate of drug-likeness (QED) is 0.196. The first-order chi connectivity index (χ1) is 20.0. The maximum absolute atomic E-state index is 11.1. The summed E-state index contributed by atoms with van der Waals surface area (Å²) in [5.41, 5.74) is 1.30. The van der Waals surface area contributed by atoms with Gasteiger partial charge in [-0.05, 0) is 49.7 Å². The van der Waals surface area contributed by atoms with Crippen LogP contribution >= 0.6 is 0 Å². The van der Waals surface area contributed by atoms with E-state index < -0.39 is 9.85 Å². The first-order valence-corrected chi connectivity index (χ1v) is 14.2. The number of nitro benzene ring substituents is 2. The molecule has 2 aromatic carbocycles. The van der Waals surface area contributed by atoms with Crippen LogP contribution in [-0.4, -0.2) is 56.0 Å². The van der Waals surface area contributed by atoms with Crippen molar-refractivity contribution in [3.05, 3.63) is 69.3 Å². The first-order valence-electron chi connectivity index (χ1n) is 14.2. The fraction of sp³-hybridized carbons (Fsp3) is 0.448. The molecule has 12 nitrogen and oxygen atoms in total. The predicted molar refractivity (Wildman–Crippen MR) is 156 cm³/mol. The Balaban J connectivity index is 0.971. The van der Waals surface area contributed by atoms with Crippen LogP contribution in [-0.2, 0) is 0 Å². The van der Waals surface area contributed by atoms with Gasteiger partial charge in [0, 0.05) is 61.2 Å². The molecule has 212 valence electrons. The molecule has 2 fully saturated rings. The van der Waals surface area contributed by atoms with Crippen LogP contribution < -0.4 is 9.80 Å². The average Bonchev–Trinajstić information content (AvgIpc) is 3.00. The van der Waals surface area contributed by atoms with E-state index in [9.17, 15) is 20.2 Å². The van der Waals surface area contributed by atoms with E-state index in [-0.39, 0.29) is 11.4 Å². The lowest BCUT2D eigenvalue weighted by molar-refractivity contribution is -0.384. The van der Waals surface area contributed by atoms with Crippen molar-refractivity contribution in [2.75, 3.05) is 36.0 Å². The second kappa shape index (κ2) is 11.6. The van der Waals surface area contributed by atoms with Gasteiger partial charge in [0.05, 0.1) is 20.9 Å². The van der Waals surface area contributed by atoms with E-state index in [4.69, 9.17) is 0 Å². The lowest BCUT2D eigenvalue weighted by Gasteiger charge is -2.35. The molecule has 0 radical (unpaired) electrons. The van der Waals surface area contributed by atoms with Gasteiger partial charge >= 0.3 is 0 Å². The van der Waals surface area contributed by atoms with E-state index in [1.54, 1.807) is 12.1 Å². The molecule has 4 heterocycles. The molecule has 0 spiro atoms. The van der Waals surface area contributed by atoms with E-state index in [2.05, 4.69) is 29.7 Å². The number of piperidine rings is 2. The Hall–Kier alpha value is -4.48. The van der Waals surface area contributed by atoms with E-state index in [1.807, 2.05) is 0 Å². The van der Waals surface area contributed by atoms with Crippen molar-refractivity contribution in [3.8, 4) is 0 Å². The molecule has 0 bridgehead atoms. The third-order valence-corrected chi connectivity index (χ3v) is 8.67. The number of benzene rings is 2. The van der Waals surface area contributed by atoms with Crippen LogP contribution in [0, 0.1) is 32.1 Å². The zero-order valence-corrected chi connectivity index (χ0v) is 22.8. The maximum atomic E-state index is 11.1. The van der Waals surface area contributed by atoms with E-state index in [0.717, 1.165) is 74.3 Å². The number of hydrogen-bond acceptors (Lipinski definition) is 10. The number of rotatable bonds is 8. The van der Waals surface area contributed by atoms with Crippen molar-refractivity contribution in [1.82, 2.24) is 19.9 Å². The molecule has 0 amide bonds. The van der Waals surface area contributed by atoms with Crippen LogP contribution in [0.2, 0.25) is 0 Å². The molecular weight excluding hydrogens is 524 g/mol. The summed E-state index contributed by atoms with van der Waals surface area (Å²) >= 11 is 0. The first kappa shape index (κ1) is 26.7. The van der Waals surface area contributed by atoms with Gasteiger partial charge in [-0.1, -0.05) is 19.3 Å². The van der Waals surface area contributed by atoms with Gasteiger partial charge in [-0.15, -0.1) is 0 Å². The van der Waals surface area contributed by atoms with Gasteiger partial charge < -0.3 is 9.80 Å². The molecule has 0 unspecified atom stereocenters. The van der Waals surface area contributed by atoms with Crippen LogP contribution in [0.15, 0.2) is 49.1 Å². The summed E-state index contributed by atoms with van der Waals surface area (Å²) in [6.07, 6.45) is 11.2. The number of nitrogens with zero attached hydrogens (tertiary/aromatic N) is 8. The molecule has 41 heavy (non-hydrogen) atoms. The summed E-state index contributed by atoms with van der Waals surface area (Å²) in [4.78, 5) is 43.6. The Kier molecular flexibility index (Phi) is 7.53. The van der Waals surface area contributed by atoms with Gasteiger partial charge in [-0.3, -0.25) is 20.2 Å². The molecule has 2 aliphatic heterocycles. The van der Waals surface area contributed by atoms with Gasteiger partial charge in [-0.25, -0.2) is 19.9 Å². The third-order valence-electron chi connectivity index (χ3n) is 8.67. The Bertz CT molecular complexity index is 1460. The van der Waals surface area contributed by atoms with Crippen molar-refractivity contribution in [3.63, 3.8) is 0 Å². The second-order valence-electron chi connectivity index (χ2n) is 11.1. The molecule has 4 aromatic rings. The van der Waals surface area contributed by atoms with E-state index >= 15 is 0 Å². The van der Waals surface area contributed by atoms with Crippen molar-refractivity contribution in [2.45, 2.75) is 44.9 Å². The van der Waals surface area contributed by atoms with Crippen LogP contribution in [0.25, 0.3) is 21.8 Å². The number of aromatic nitrogens is 4. The lowest BCUT2D eigenvalue weighted by Crippen LogP contribution is -2.35. The molecule has 2 saturated heterocycles. The predicted octanol–water partition coefficient (Wildman–Crippen LogP) is 5.69. The monoisotopic (exact) mass is 556 g/mol. The number of non-ortho nitro benzene ring substituents is 2. The lowest BCUT2D eigenvalue weighted by atomic mass is 9.86. The summed E-state index contributed by atoms with van der Waals surface area (Å²) in [5, 5.41) is 24.0. The Morgan fingerprint density at radius 1 is 0.659 bits per heavy atom. The number of hydrogen-bond donors (Lipinski definition) is 0. The van der Waals surface area contributed by atoms with Gasteiger partial charge in [0.1, 0.15) is 24.3 Å². The van der Waals surface area contributed by atoms with Crippen LogP contribution in [0.1, 0.15) is 44.9 Å². The molecule has 12 heteroatoms. The summed E-state index contributed by atoms with van der Waals surface area (Å²) < 4.78 is 0. The summed E-state index contributed by atoms with van der Waals surface area (Å²) in [5.74, 6) is 3.14. The Morgan fingerprint density at radius 2 is 1.07 bits per heavy atom. The van der Waals surface area contributed by atoms with Gasteiger partial charge in [0.2, 0.25) is 0 Å². The molecule has 0 atom stereocenters. The van der Waals surface area contributed by atoms with Crippen molar-refractivity contribution >= 4 is 44.8 Å². The molecule has 0 N–H and O–H groups in total. The number of nitro groups is 2. The minimum Gasteiger partial charge on any atom is -0.356 e. The SMILES string of the molecule is O=[N+]([O-])c1ccc2c(N3CCC(CCCC4CCN(c5ncnc6cc([N+](=O)[O-])ccc56)CC4)CC3)ncnc2c1. The zero-order valence-electron chi connectivity index (χ0n) is 22.8. The molecule has 0 saturated carbocycles. The van der Waals surface area contributed by atoms with E-state index in [0.29, 0.717) is 22.9 Å². The van der Waals surface area contributed by atoms with Crippen molar-refractivity contribution in [1.29, 1.82) is 0 Å². The van der Waals surface area contributed by atoms with Crippen LogP contribution in [0.4, 0.5) is 23.0 Å². The van der Waals surface area contributed by atoms with Gasteiger partial charge in [-0.2, -0.15) is 0 Å². The summed E-state index contributed by atoms with van der Waals surface area (Å²) in [6.45, 7) is 3.73. The van der Waals surface area contributed by atoms with Crippen molar-refractivity contribution < 1.29 is 9.85 Å². The summed E-state index contributed by atoms with van der Waals surface area (Å²) in [6, 6.07) is 9.61. The largest absolute Gasteiger partial charge is 0.356 e. The molecule has 0 aliphatic carbocycles. The highest BCUT2D eigenvalue weighted by Crippen LogP contribution is 2.33. The van der Waals surface area contributed by atoms with Crippen LogP contribution in [0.3, 0.4) is 0 Å². The third kappa shape index (κ3) is 5.72. The Labute approximate surface area is 236 Å². The highest BCUT2D eigenvalue weighted by atomic mass is 16.6. The van der Waals surface area contributed by atoms with Crippen molar-refractivity contribution in [2.24, 2.45) is 11.8 Å². The zero-order chi connectivity index (χ0) is 28.3. The molecule has 2 aromatic heterocycles. The minimum absolute atomic E-state index is 0.0438. The highest BCUT2D eigenvalue weighted by Gasteiger charge is 2.25. The number of fused-ring (bicyclic) bond motifs is 2. The Morgan fingerprint density at radius 3 is 1.46 bits per heavy atom. The molecule has 2 aliphatic rings. The normalized spacial score (nSPS) is 16.9. The second-order valence-corrected chi connectivity index (χ2v) is 11.1. The molecular formula is C29H32N8O4. The maximum Gasteiger partial charge on any atom is 0.271 e. The minimum atomic E-state index is -0.396. The van der Waals surface area contributed by atoms with Crippen LogP contribution in [0.5, 0.6) is 0 Å². The summed E-state index contributed by atoms with van der Waals surface area (Å²) in [7, 11) is 0.